The molecule has 0 saturated carbocycles. The van der Waals surface area contributed by atoms with Crippen molar-refractivity contribution in [2.45, 2.75) is 32.7 Å². The van der Waals surface area contributed by atoms with E-state index in [-0.39, 0.29) is 0 Å². The minimum absolute atomic E-state index is 0.380. The molecule has 3 rings (SSSR count). The highest BCUT2D eigenvalue weighted by molar-refractivity contribution is 7.07. The lowest BCUT2D eigenvalue weighted by molar-refractivity contribution is 0.538. The Morgan fingerprint density at radius 1 is 1.33 bits per heavy atom. The number of halogens is 1. The summed E-state index contributed by atoms with van der Waals surface area (Å²) < 4.78 is 2.36. The van der Waals surface area contributed by atoms with Gasteiger partial charge in [-0.3, -0.25) is 0 Å². The fourth-order valence-corrected chi connectivity index (χ4v) is 3.70. The van der Waals surface area contributed by atoms with Crippen LogP contribution in [0.5, 0.6) is 0 Å². The maximum atomic E-state index is 5.96. The summed E-state index contributed by atoms with van der Waals surface area (Å²) in [6.45, 7) is 4.37. The first-order valence-electron chi connectivity index (χ1n) is 7.23. The van der Waals surface area contributed by atoms with Gasteiger partial charge in [0.15, 0.2) is 0 Å². The van der Waals surface area contributed by atoms with Gasteiger partial charge >= 0.3 is 0 Å². The average Bonchev–Trinajstić information content (AvgIpc) is 3.05. The molecule has 0 N–H and O–H groups in total. The van der Waals surface area contributed by atoms with E-state index in [9.17, 15) is 0 Å². The van der Waals surface area contributed by atoms with Gasteiger partial charge in [0, 0.05) is 18.3 Å². The first-order valence-corrected chi connectivity index (χ1v) is 8.71. The molecule has 110 valence electrons. The standard InChI is InChI=1S/C17H19ClN2S/c1-12-3-4-16-15(9-12)19-17(5-7-18)20(16)13(2)10-14-6-8-21-11-14/h3-4,6,8-9,11,13H,5,7,10H2,1-2H3. The molecule has 2 aromatic heterocycles. The molecule has 0 saturated heterocycles. The zero-order valence-electron chi connectivity index (χ0n) is 12.3. The quantitative estimate of drug-likeness (QED) is 0.606. The molecule has 2 nitrogen and oxygen atoms in total. The first-order chi connectivity index (χ1) is 10.2. The van der Waals surface area contributed by atoms with Crippen LogP contribution in [-0.4, -0.2) is 15.4 Å². The highest BCUT2D eigenvalue weighted by Gasteiger charge is 2.16. The maximum absolute atomic E-state index is 5.96. The third-order valence-electron chi connectivity index (χ3n) is 3.79. The number of benzene rings is 1. The predicted octanol–water partition coefficient (Wildman–Crippen LogP) is 4.99. The van der Waals surface area contributed by atoms with Crippen molar-refractivity contribution in [1.82, 2.24) is 9.55 Å². The number of hydrogen-bond donors (Lipinski definition) is 0. The first kappa shape index (κ1) is 14.6. The molecule has 0 aliphatic carbocycles. The van der Waals surface area contributed by atoms with Gasteiger partial charge in [0.05, 0.1) is 11.0 Å². The fraction of sp³-hybridized carbons (Fsp3) is 0.353. The van der Waals surface area contributed by atoms with E-state index in [1.807, 2.05) is 0 Å². The molecule has 2 heterocycles. The highest BCUT2D eigenvalue weighted by atomic mass is 35.5. The van der Waals surface area contributed by atoms with Gasteiger partial charge in [-0.1, -0.05) is 6.07 Å². The van der Waals surface area contributed by atoms with Crippen LogP contribution in [0.25, 0.3) is 11.0 Å². The Hall–Kier alpha value is -1.32. The molecule has 0 aliphatic rings. The van der Waals surface area contributed by atoms with Crippen LogP contribution < -0.4 is 0 Å². The summed E-state index contributed by atoms with van der Waals surface area (Å²) >= 11 is 7.72. The molecule has 1 unspecified atom stereocenters. The summed E-state index contributed by atoms with van der Waals surface area (Å²) in [5.41, 5.74) is 4.92. The van der Waals surface area contributed by atoms with E-state index < -0.39 is 0 Å². The van der Waals surface area contributed by atoms with Gasteiger partial charge in [-0.2, -0.15) is 11.3 Å². The number of imidazole rings is 1. The predicted molar refractivity (Wildman–Crippen MR) is 91.6 cm³/mol. The van der Waals surface area contributed by atoms with Crippen molar-refractivity contribution < 1.29 is 0 Å². The molecule has 1 atom stereocenters. The van der Waals surface area contributed by atoms with Crippen LogP contribution in [0.15, 0.2) is 35.0 Å². The highest BCUT2D eigenvalue weighted by Crippen LogP contribution is 2.25. The summed E-state index contributed by atoms with van der Waals surface area (Å²) in [6.07, 6.45) is 1.83. The van der Waals surface area contributed by atoms with E-state index in [0.29, 0.717) is 11.9 Å². The van der Waals surface area contributed by atoms with Crippen LogP contribution in [0.2, 0.25) is 0 Å². The topological polar surface area (TPSA) is 17.8 Å². The van der Waals surface area contributed by atoms with E-state index in [2.05, 4.69) is 53.4 Å². The third kappa shape index (κ3) is 2.99. The Morgan fingerprint density at radius 3 is 2.90 bits per heavy atom. The molecule has 3 aromatic rings. The van der Waals surface area contributed by atoms with E-state index in [1.54, 1.807) is 11.3 Å². The molecule has 0 bridgehead atoms. The second-order valence-corrected chi connectivity index (χ2v) is 6.67. The molecule has 1 aromatic carbocycles. The van der Waals surface area contributed by atoms with Crippen molar-refractivity contribution >= 4 is 34.0 Å². The van der Waals surface area contributed by atoms with Gasteiger partial charge < -0.3 is 4.57 Å². The van der Waals surface area contributed by atoms with Gasteiger partial charge in [0.25, 0.3) is 0 Å². The van der Waals surface area contributed by atoms with E-state index >= 15 is 0 Å². The van der Waals surface area contributed by atoms with E-state index in [1.165, 1.54) is 16.6 Å². The minimum Gasteiger partial charge on any atom is -0.325 e. The molecule has 0 spiro atoms. The molecular weight excluding hydrogens is 300 g/mol. The number of hydrogen-bond acceptors (Lipinski definition) is 2. The molecular formula is C17H19ClN2S. The summed E-state index contributed by atoms with van der Waals surface area (Å²) in [7, 11) is 0. The fourth-order valence-electron chi connectivity index (χ4n) is 2.85. The van der Waals surface area contributed by atoms with Gasteiger partial charge in [-0.15, -0.1) is 11.6 Å². The Bertz CT molecular complexity index is 731. The summed E-state index contributed by atoms with van der Waals surface area (Å²) in [6, 6.07) is 9.07. The molecule has 0 fully saturated rings. The average molecular weight is 319 g/mol. The normalized spacial score (nSPS) is 12.9. The number of nitrogens with zero attached hydrogens (tertiary/aromatic N) is 2. The number of alkyl halides is 1. The van der Waals surface area contributed by atoms with Gasteiger partial charge in [0.1, 0.15) is 5.82 Å². The van der Waals surface area contributed by atoms with Crippen molar-refractivity contribution in [1.29, 1.82) is 0 Å². The molecule has 21 heavy (non-hydrogen) atoms. The lowest BCUT2D eigenvalue weighted by Crippen LogP contribution is -2.12. The number of aromatic nitrogens is 2. The zero-order chi connectivity index (χ0) is 14.8. The van der Waals surface area contributed by atoms with Crippen molar-refractivity contribution in [2.75, 3.05) is 5.88 Å². The smallest absolute Gasteiger partial charge is 0.111 e. The van der Waals surface area contributed by atoms with Crippen molar-refractivity contribution in [3.63, 3.8) is 0 Å². The zero-order valence-corrected chi connectivity index (χ0v) is 13.9. The molecule has 0 amide bonds. The second-order valence-electron chi connectivity index (χ2n) is 5.51. The van der Waals surface area contributed by atoms with Gasteiger partial charge in [-0.05, 0) is 60.4 Å². The Labute approximate surface area is 134 Å². The minimum atomic E-state index is 0.380. The second kappa shape index (κ2) is 6.20. The Balaban J connectivity index is 2.03. The van der Waals surface area contributed by atoms with Gasteiger partial charge in [0.2, 0.25) is 0 Å². The van der Waals surface area contributed by atoms with Crippen LogP contribution in [0.1, 0.15) is 29.9 Å². The van der Waals surface area contributed by atoms with Gasteiger partial charge in [-0.25, -0.2) is 4.98 Å². The number of fused-ring (bicyclic) bond motifs is 1. The van der Waals surface area contributed by atoms with Crippen molar-refractivity contribution in [3.05, 3.63) is 52.0 Å². The van der Waals surface area contributed by atoms with E-state index in [4.69, 9.17) is 16.6 Å². The van der Waals surface area contributed by atoms with E-state index in [0.717, 1.165) is 24.2 Å². The number of thiophene rings is 1. The Kier molecular flexibility index (Phi) is 4.32. The van der Waals surface area contributed by atoms with Crippen LogP contribution in [0, 0.1) is 6.92 Å². The summed E-state index contributed by atoms with van der Waals surface area (Å²) in [5, 5.41) is 4.36. The van der Waals surface area contributed by atoms with Crippen molar-refractivity contribution in [3.8, 4) is 0 Å². The lowest BCUT2D eigenvalue weighted by atomic mass is 10.1. The number of aryl methyl sites for hydroxylation is 2. The Morgan fingerprint density at radius 2 is 2.19 bits per heavy atom. The number of rotatable bonds is 5. The molecule has 4 heteroatoms. The molecule has 0 radical (unpaired) electrons. The monoisotopic (exact) mass is 318 g/mol. The third-order valence-corrected chi connectivity index (χ3v) is 4.71. The maximum Gasteiger partial charge on any atom is 0.111 e. The molecule has 0 aliphatic heterocycles. The van der Waals surface area contributed by atoms with Crippen molar-refractivity contribution in [2.24, 2.45) is 0 Å². The van der Waals surface area contributed by atoms with Crippen LogP contribution in [-0.2, 0) is 12.8 Å². The largest absolute Gasteiger partial charge is 0.325 e. The summed E-state index contributed by atoms with van der Waals surface area (Å²) in [4.78, 5) is 4.79. The van der Waals surface area contributed by atoms with Crippen LogP contribution >= 0.6 is 22.9 Å². The SMILES string of the molecule is Cc1ccc2c(c1)nc(CCCl)n2C(C)Cc1ccsc1. The lowest BCUT2D eigenvalue weighted by Gasteiger charge is -2.17. The van der Waals surface area contributed by atoms with Crippen LogP contribution in [0.3, 0.4) is 0 Å². The summed E-state index contributed by atoms with van der Waals surface area (Å²) in [5.74, 6) is 1.70. The van der Waals surface area contributed by atoms with Crippen LogP contribution in [0.4, 0.5) is 0 Å².